The van der Waals surface area contributed by atoms with Gasteiger partial charge < -0.3 is 5.43 Å². The van der Waals surface area contributed by atoms with E-state index in [0.717, 1.165) is 17.5 Å². The molecule has 1 saturated heterocycles. The van der Waals surface area contributed by atoms with Crippen LogP contribution in [0.2, 0.25) is 0 Å². The van der Waals surface area contributed by atoms with Gasteiger partial charge in [0.1, 0.15) is 12.0 Å². The molecule has 130 valence electrons. The van der Waals surface area contributed by atoms with Crippen molar-refractivity contribution in [2.75, 3.05) is 11.6 Å². The average molecular weight is 340 g/mol. The summed E-state index contributed by atoms with van der Waals surface area (Å²) in [4.78, 5) is 0. The van der Waals surface area contributed by atoms with Crippen molar-refractivity contribution < 1.29 is 8.78 Å². The molecule has 4 rings (SSSR count). The van der Waals surface area contributed by atoms with Gasteiger partial charge in [-0.3, -0.25) is 5.01 Å². The number of benzene rings is 1. The van der Waals surface area contributed by atoms with Crippen LogP contribution in [0.15, 0.2) is 71.7 Å². The summed E-state index contributed by atoms with van der Waals surface area (Å²) in [6.45, 7) is 6.93. The van der Waals surface area contributed by atoms with Gasteiger partial charge in [0.05, 0.1) is 17.6 Å². The highest BCUT2D eigenvalue weighted by molar-refractivity contribution is 5.59. The van der Waals surface area contributed by atoms with E-state index in [1.807, 2.05) is 29.3 Å². The first-order chi connectivity index (χ1) is 11.8. The molecule has 2 unspecified atom stereocenters. The molecule has 0 saturated carbocycles. The Balaban J connectivity index is 1.73. The fraction of sp³-hybridized carbons (Fsp3) is 0.333. The van der Waals surface area contributed by atoms with Crippen LogP contribution in [-0.4, -0.2) is 12.7 Å². The van der Waals surface area contributed by atoms with E-state index in [4.69, 9.17) is 0 Å². The van der Waals surface area contributed by atoms with Gasteiger partial charge in [-0.1, -0.05) is 45.1 Å². The summed E-state index contributed by atoms with van der Waals surface area (Å²) in [6, 6.07) is 8.27. The number of rotatable bonds is 1. The van der Waals surface area contributed by atoms with Crippen molar-refractivity contribution >= 4 is 5.69 Å². The van der Waals surface area contributed by atoms with E-state index in [9.17, 15) is 8.78 Å². The van der Waals surface area contributed by atoms with Gasteiger partial charge in [0.2, 0.25) is 0 Å². The van der Waals surface area contributed by atoms with E-state index in [2.05, 4.69) is 38.3 Å². The van der Waals surface area contributed by atoms with Crippen molar-refractivity contribution in [2.45, 2.75) is 32.4 Å². The molecule has 2 nitrogen and oxygen atoms in total. The van der Waals surface area contributed by atoms with Crippen molar-refractivity contribution in [1.82, 2.24) is 5.43 Å². The number of hydrogen-bond acceptors (Lipinski definition) is 2. The zero-order chi connectivity index (χ0) is 17.8. The highest BCUT2D eigenvalue weighted by atomic mass is 19.1. The van der Waals surface area contributed by atoms with Gasteiger partial charge in [-0.2, -0.15) is 0 Å². The first-order valence-electron chi connectivity index (χ1n) is 8.58. The van der Waals surface area contributed by atoms with E-state index in [1.165, 1.54) is 11.6 Å². The molecule has 1 aromatic carbocycles. The van der Waals surface area contributed by atoms with Gasteiger partial charge in [-0.15, -0.1) is 0 Å². The lowest BCUT2D eigenvalue weighted by Crippen LogP contribution is -2.39. The minimum absolute atomic E-state index is 0.0337. The monoisotopic (exact) mass is 340 g/mol. The Morgan fingerprint density at radius 3 is 2.84 bits per heavy atom. The quantitative estimate of drug-likeness (QED) is 0.784. The molecular formula is C21H22F2N2. The minimum Gasteiger partial charge on any atom is -0.301 e. The van der Waals surface area contributed by atoms with Crippen molar-refractivity contribution in [3.8, 4) is 0 Å². The molecule has 1 heterocycles. The van der Waals surface area contributed by atoms with Crippen molar-refractivity contribution in [3.05, 3.63) is 77.3 Å². The van der Waals surface area contributed by atoms with Crippen LogP contribution in [-0.2, 0) is 5.41 Å². The first-order valence-corrected chi connectivity index (χ1v) is 8.58. The summed E-state index contributed by atoms with van der Waals surface area (Å²) in [5.41, 5.74) is 6.17. The molecule has 0 bridgehead atoms. The number of nitrogens with zero attached hydrogens (tertiary/aromatic N) is 1. The highest BCUT2D eigenvalue weighted by Gasteiger charge is 2.53. The number of halogens is 2. The summed E-state index contributed by atoms with van der Waals surface area (Å²) in [5.74, 6) is -0.507. The van der Waals surface area contributed by atoms with Crippen LogP contribution >= 0.6 is 0 Å². The zero-order valence-corrected chi connectivity index (χ0v) is 14.7. The summed E-state index contributed by atoms with van der Waals surface area (Å²) in [6.07, 6.45) is 6.65. The van der Waals surface area contributed by atoms with E-state index < -0.39 is 17.4 Å². The van der Waals surface area contributed by atoms with Crippen molar-refractivity contribution in [2.24, 2.45) is 5.41 Å². The number of nitrogens with one attached hydrogen (secondary N) is 1. The summed E-state index contributed by atoms with van der Waals surface area (Å²) in [5, 5.41) is 1.96. The van der Waals surface area contributed by atoms with Crippen LogP contribution < -0.4 is 10.4 Å². The maximum absolute atomic E-state index is 15.0. The van der Waals surface area contributed by atoms with Crippen LogP contribution in [0.25, 0.3) is 0 Å². The third-order valence-corrected chi connectivity index (χ3v) is 5.29. The van der Waals surface area contributed by atoms with Gasteiger partial charge in [-0.25, -0.2) is 8.78 Å². The fourth-order valence-corrected chi connectivity index (χ4v) is 3.80. The molecule has 4 heteroatoms. The Kier molecular flexibility index (Phi) is 3.43. The highest BCUT2D eigenvalue weighted by Crippen LogP contribution is 2.50. The predicted octanol–water partition coefficient (Wildman–Crippen LogP) is 4.88. The lowest BCUT2D eigenvalue weighted by molar-refractivity contribution is 0.240. The topological polar surface area (TPSA) is 15.3 Å². The van der Waals surface area contributed by atoms with Crippen LogP contribution in [0.5, 0.6) is 0 Å². The SMILES string of the molecule is CC(C)(C)c1cccc(N2CC34C(=CC(F)=CC3F)C=CC=C4N2)c1. The normalized spacial score (nSPS) is 27.8. The largest absolute Gasteiger partial charge is 0.301 e. The zero-order valence-electron chi connectivity index (χ0n) is 14.7. The molecule has 1 fully saturated rings. The molecule has 1 aromatic rings. The summed E-state index contributed by atoms with van der Waals surface area (Å²) >= 11 is 0. The van der Waals surface area contributed by atoms with Gasteiger partial charge in [0.15, 0.2) is 0 Å². The Morgan fingerprint density at radius 1 is 1.28 bits per heavy atom. The third kappa shape index (κ3) is 2.43. The Morgan fingerprint density at radius 2 is 2.08 bits per heavy atom. The molecule has 0 aromatic heterocycles. The molecule has 1 aliphatic heterocycles. The maximum atomic E-state index is 15.0. The molecule has 1 spiro atoms. The van der Waals surface area contributed by atoms with Gasteiger partial charge in [-0.05, 0) is 46.9 Å². The van der Waals surface area contributed by atoms with Gasteiger partial charge in [0, 0.05) is 5.70 Å². The van der Waals surface area contributed by atoms with Gasteiger partial charge in [0.25, 0.3) is 0 Å². The lowest BCUT2D eigenvalue weighted by atomic mass is 9.69. The molecule has 0 radical (unpaired) electrons. The smallest absolute Gasteiger partial charge is 0.138 e. The van der Waals surface area contributed by atoms with E-state index in [1.54, 1.807) is 6.08 Å². The maximum Gasteiger partial charge on any atom is 0.138 e. The predicted molar refractivity (Wildman–Crippen MR) is 97.4 cm³/mol. The molecule has 25 heavy (non-hydrogen) atoms. The Hall–Kier alpha value is -2.36. The van der Waals surface area contributed by atoms with Crippen LogP contribution in [0.3, 0.4) is 0 Å². The summed E-state index contributed by atoms with van der Waals surface area (Å²) in [7, 11) is 0. The van der Waals surface area contributed by atoms with Crippen molar-refractivity contribution in [3.63, 3.8) is 0 Å². The Bertz CT molecular complexity index is 842. The van der Waals surface area contributed by atoms with Crippen molar-refractivity contribution in [1.29, 1.82) is 0 Å². The average Bonchev–Trinajstić information content (AvgIpc) is 2.95. The number of hydrazine groups is 1. The van der Waals surface area contributed by atoms with Crippen LogP contribution in [0.4, 0.5) is 14.5 Å². The molecule has 0 amide bonds. The molecule has 3 aliphatic rings. The second kappa shape index (κ2) is 5.32. The van der Waals surface area contributed by atoms with Gasteiger partial charge >= 0.3 is 0 Å². The first kappa shape index (κ1) is 16.1. The Labute approximate surface area is 147 Å². The number of anilines is 1. The minimum atomic E-state index is -1.40. The molecular weight excluding hydrogens is 318 g/mol. The molecule has 2 aliphatic carbocycles. The number of hydrogen-bond donors (Lipinski definition) is 1. The van der Waals surface area contributed by atoms with E-state index in [-0.39, 0.29) is 5.41 Å². The fourth-order valence-electron chi connectivity index (χ4n) is 3.80. The van der Waals surface area contributed by atoms with E-state index >= 15 is 0 Å². The van der Waals surface area contributed by atoms with E-state index in [0.29, 0.717) is 12.1 Å². The van der Waals surface area contributed by atoms with Crippen LogP contribution in [0.1, 0.15) is 26.3 Å². The standard InChI is InChI=1S/C21H22F2N2/c1-20(2,3)14-6-4-8-17(11-14)25-13-21-15(7-5-9-19(21)24-25)10-16(22)12-18(21)23/h4-12,18,24H,13H2,1-3H3. The molecule has 2 atom stereocenters. The molecule has 1 N–H and O–H groups in total. The second-order valence-electron chi connectivity index (χ2n) is 7.96. The third-order valence-electron chi connectivity index (χ3n) is 5.29. The summed E-state index contributed by atoms with van der Waals surface area (Å²) < 4.78 is 28.7. The number of allylic oxidation sites excluding steroid dienone is 6. The van der Waals surface area contributed by atoms with Crippen LogP contribution in [0, 0.1) is 5.41 Å². The number of alkyl halides is 1. The lowest BCUT2D eigenvalue weighted by Gasteiger charge is -2.36. The second-order valence-corrected chi connectivity index (χ2v) is 7.96.